The third-order valence-corrected chi connectivity index (χ3v) is 9.76. The number of hydrogen-bond acceptors (Lipinski definition) is 2. The minimum absolute atomic E-state index is 0.0585. The monoisotopic (exact) mass is 599 g/mol. The highest BCUT2D eigenvalue weighted by atomic mass is 15.1. The molecule has 10 rings (SSSR count). The van der Waals surface area contributed by atoms with Crippen LogP contribution < -0.4 is 5.32 Å². The van der Waals surface area contributed by atoms with Gasteiger partial charge in [0.1, 0.15) is 5.84 Å². The van der Waals surface area contributed by atoms with Gasteiger partial charge in [-0.3, -0.25) is 0 Å². The summed E-state index contributed by atoms with van der Waals surface area (Å²) in [6.07, 6.45) is 8.62. The van der Waals surface area contributed by atoms with E-state index in [-0.39, 0.29) is 6.04 Å². The van der Waals surface area contributed by atoms with Crippen LogP contribution in [0.4, 0.5) is 0 Å². The van der Waals surface area contributed by atoms with E-state index in [1.165, 1.54) is 59.7 Å². The van der Waals surface area contributed by atoms with Crippen LogP contribution in [0.3, 0.4) is 0 Å². The number of allylic oxidation sites excluding steroid dienone is 2. The maximum Gasteiger partial charge on any atom is 0.134 e. The van der Waals surface area contributed by atoms with E-state index >= 15 is 0 Å². The van der Waals surface area contributed by atoms with Gasteiger partial charge in [-0.25, -0.2) is 4.99 Å². The molecule has 3 heteroatoms. The average molecular weight is 600 g/mol. The topological polar surface area (TPSA) is 29.3 Å². The Morgan fingerprint density at radius 3 is 2.15 bits per heavy atom. The fourth-order valence-electron chi connectivity index (χ4n) is 7.73. The summed E-state index contributed by atoms with van der Waals surface area (Å²) in [6.45, 7) is 0. The third kappa shape index (κ3) is 3.90. The lowest BCUT2D eigenvalue weighted by Gasteiger charge is -2.28. The number of nitrogens with zero attached hydrogens (tertiary/aromatic N) is 2. The first-order chi connectivity index (χ1) is 23.3. The van der Waals surface area contributed by atoms with E-state index < -0.39 is 0 Å². The first kappa shape index (κ1) is 26.1. The molecule has 8 aromatic rings. The summed E-state index contributed by atoms with van der Waals surface area (Å²) in [5, 5.41) is 13.9. The molecule has 0 spiro atoms. The van der Waals surface area contributed by atoms with Crippen molar-refractivity contribution in [2.75, 3.05) is 0 Å². The summed E-state index contributed by atoms with van der Waals surface area (Å²) < 4.78 is 2.47. The Morgan fingerprint density at radius 1 is 0.553 bits per heavy atom. The van der Waals surface area contributed by atoms with Crippen molar-refractivity contribution >= 4 is 65.7 Å². The highest BCUT2D eigenvalue weighted by Crippen LogP contribution is 2.44. The van der Waals surface area contributed by atoms with Crippen molar-refractivity contribution in [3.63, 3.8) is 0 Å². The summed E-state index contributed by atoms with van der Waals surface area (Å²) in [5.41, 5.74) is 7.90. The van der Waals surface area contributed by atoms with E-state index in [2.05, 4.69) is 168 Å². The van der Waals surface area contributed by atoms with Gasteiger partial charge in [0.25, 0.3) is 0 Å². The number of benzene rings is 7. The fraction of sp³-hybridized carbons (Fsp3) is 0.0227. The molecule has 220 valence electrons. The number of hydrogen-bond donors (Lipinski definition) is 1. The number of fused-ring (bicyclic) bond motifs is 11. The first-order valence-electron chi connectivity index (χ1n) is 16.2. The van der Waals surface area contributed by atoms with Crippen LogP contribution >= 0.6 is 0 Å². The molecule has 1 unspecified atom stereocenters. The molecule has 2 aliphatic rings. The number of para-hydroxylation sites is 1. The largest absolute Gasteiger partial charge is 0.359 e. The van der Waals surface area contributed by atoms with Crippen LogP contribution in [0.1, 0.15) is 11.1 Å². The van der Waals surface area contributed by atoms with Crippen molar-refractivity contribution in [2.24, 2.45) is 4.99 Å². The van der Waals surface area contributed by atoms with Gasteiger partial charge in [-0.15, -0.1) is 0 Å². The zero-order chi connectivity index (χ0) is 30.9. The SMILES string of the molecule is C1=CC2=C(c3cccc(-n4c5ccccc5c5c6ccccc6c6c7ccccc7ccc6c54)c3)N=C(c3ccccc3)NC2C=C1. The number of aromatic nitrogens is 1. The molecule has 1 aliphatic carbocycles. The highest BCUT2D eigenvalue weighted by molar-refractivity contribution is 6.36. The summed E-state index contributed by atoms with van der Waals surface area (Å²) in [5.74, 6) is 0.890. The van der Waals surface area contributed by atoms with E-state index in [1.54, 1.807) is 0 Å². The van der Waals surface area contributed by atoms with Gasteiger partial charge in [-0.05, 0) is 45.1 Å². The molecule has 0 radical (unpaired) electrons. The van der Waals surface area contributed by atoms with Gasteiger partial charge >= 0.3 is 0 Å². The van der Waals surface area contributed by atoms with Crippen LogP contribution in [0.15, 0.2) is 174 Å². The molecule has 1 aromatic heterocycles. The second-order valence-electron chi connectivity index (χ2n) is 12.4. The van der Waals surface area contributed by atoms with Gasteiger partial charge in [-0.2, -0.15) is 0 Å². The van der Waals surface area contributed by atoms with Gasteiger partial charge in [0.2, 0.25) is 0 Å². The second kappa shape index (κ2) is 10.2. The van der Waals surface area contributed by atoms with Crippen molar-refractivity contribution in [3.05, 3.63) is 181 Å². The van der Waals surface area contributed by atoms with E-state index in [9.17, 15) is 0 Å². The van der Waals surface area contributed by atoms with Crippen molar-refractivity contribution in [1.82, 2.24) is 9.88 Å². The van der Waals surface area contributed by atoms with E-state index in [0.717, 1.165) is 28.3 Å². The van der Waals surface area contributed by atoms with E-state index in [4.69, 9.17) is 4.99 Å². The Labute approximate surface area is 272 Å². The lowest BCUT2D eigenvalue weighted by molar-refractivity contribution is 0.830. The van der Waals surface area contributed by atoms with Crippen molar-refractivity contribution in [3.8, 4) is 5.69 Å². The minimum Gasteiger partial charge on any atom is -0.359 e. The molecule has 7 aromatic carbocycles. The third-order valence-electron chi connectivity index (χ3n) is 9.76. The van der Waals surface area contributed by atoms with Gasteiger partial charge in [0, 0.05) is 38.5 Å². The lowest BCUT2D eigenvalue weighted by Crippen LogP contribution is -2.39. The zero-order valence-corrected chi connectivity index (χ0v) is 25.6. The maximum atomic E-state index is 5.27. The van der Waals surface area contributed by atoms with Gasteiger partial charge < -0.3 is 9.88 Å². The smallest absolute Gasteiger partial charge is 0.134 e. The summed E-state index contributed by atoms with van der Waals surface area (Å²) >= 11 is 0. The van der Waals surface area contributed by atoms with Gasteiger partial charge in [0.15, 0.2) is 0 Å². The van der Waals surface area contributed by atoms with Crippen LogP contribution in [0.2, 0.25) is 0 Å². The Morgan fingerprint density at radius 2 is 1.28 bits per heavy atom. The van der Waals surface area contributed by atoms with Crippen molar-refractivity contribution in [1.29, 1.82) is 0 Å². The van der Waals surface area contributed by atoms with Crippen molar-refractivity contribution < 1.29 is 0 Å². The molecule has 1 aliphatic heterocycles. The van der Waals surface area contributed by atoms with Crippen LogP contribution in [0, 0.1) is 0 Å². The molecule has 0 amide bonds. The van der Waals surface area contributed by atoms with Gasteiger partial charge in [0.05, 0.1) is 22.8 Å². The summed E-state index contributed by atoms with van der Waals surface area (Å²) in [7, 11) is 0. The zero-order valence-electron chi connectivity index (χ0n) is 25.6. The summed E-state index contributed by atoms with van der Waals surface area (Å²) in [4.78, 5) is 5.27. The van der Waals surface area contributed by atoms with Crippen LogP contribution in [-0.4, -0.2) is 16.4 Å². The lowest BCUT2D eigenvalue weighted by atomic mass is 9.93. The molecular weight excluding hydrogens is 571 g/mol. The Kier molecular flexibility index (Phi) is 5.64. The van der Waals surface area contributed by atoms with E-state index in [0.29, 0.717) is 0 Å². The van der Waals surface area contributed by atoms with E-state index in [1.807, 2.05) is 6.07 Å². The standard InChI is InChI=1S/C44H29N3/c1-2-14-29(15-3-1)44-45-38-23-10-8-21-35(38)42(46-44)30-16-12-17-31(27-30)47-39-24-11-9-22-36(39)41-34-20-7-6-19-33(34)40-32-18-5-4-13-28(32)25-26-37(40)43(41)47/h1-27,38H,(H,45,46). The number of amidine groups is 1. The Balaban J connectivity index is 1.29. The quantitative estimate of drug-likeness (QED) is 0.201. The first-order valence-corrected chi connectivity index (χ1v) is 16.2. The molecule has 1 N–H and O–H groups in total. The van der Waals surface area contributed by atoms with Gasteiger partial charge in [-0.1, -0.05) is 146 Å². The summed E-state index contributed by atoms with van der Waals surface area (Å²) in [6, 6.07) is 50.5. The molecule has 0 saturated heterocycles. The average Bonchev–Trinajstić information content (AvgIpc) is 3.50. The number of rotatable bonds is 3. The van der Waals surface area contributed by atoms with Crippen molar-refractivity contribution in [2.45, 2.75) is 6.04 Å². The minimum atomic E-state index is 0.0585. The normalized spacial score (nSPS) is 15.9. The predicted molar refractivity (Wildman–Crippen MR) is 198 cm³/mol. The maximum absolute atomic E-state index is 5.27. The fourth-order valence-corrected chi connectivity index (χ4v) is 7.73. The van der Waals surface area contributed by atoms with Crippen LogP contribution in [0.25, 0.3) is 65.5 Å². The number of nitrogens with one attached hydrogen (secondary N) is 1. The molecular formula is C44H29N3. The molecule has 1 atom stereocenters. The molecule has 0 bridgehead atoms. The molecule has 0 saturated carbocycles. The molecule has 3 nitrogen and oxygen atoms in total. The van der Waals surface area contributed by atoms with Crippen LogP contribution in [0.5, 0.6) is 0 Å². The Hall–Kier alpha value is -6.19. The molecule has 2 heterocycles. The predicted octanol–water partition coefficient (Wildman–Crippen LogP) is 10.5. The number of aliphatic imine (C=N–C) groups is 1. The highest BCUT2D eigenvalue weighted by Gasteiger charge is 2.25. The van der Waals surface area contributed by atoms with Crippen LogP contribution in [-0.2, 0) is 0 Å². The second-order valence-corrected chi connectivity index (χ2v) is 12.4. The molecule has 47 heavy (non-hydrogen) atoms. The Bertz CT molecular complexity index is 2700. The molecule has 0 fully saturated rings.